The lowest BCUT2D eigenvalue weighted by Gasteiger charge is -2.13. The first-order valence-corrected chi connectivity index (χ1v) is 5.47. The second-order valence-electron chi connectivity index (χ2n) is 3.81. The van der Waals surface area contributed by atoms with Crippen molar-refractivity contribution < 1.29 is 4.79 Å². The van der Waals surface area contributed by atoms with E-state index in [2.05, 4.69) is 18.6 Å². The molecule has 0 aromatic rings. The Morgan fingerprint density at radius 1 is 1.67 bits per heavy atom. The van der Waals surface area contributed by atoms with Crippen LogP contribution in [0.15, 0.2) is 17.4 Å². The van der Waals surface area contributed by atoms with E-state index in [0.717, 1.165) is 37.9 Å². The van der Waals surface area contributed by atoms with Crippen molar-refractivity contribution in [3.8, 4) is 0 Å². The highest BCUT2D eigenvalue weighted by Gasteiger charge is 2.16. The summed E-state index contributed by atoms with van der Waals surface area (Å²) in [4.78, 5) is 11.1. The van der Waals surface area contributed by atoms with Crippen LogP contribution in [0.1, 0.15) is 39.0 Å². The van der Waals surface area contributed by atoms with Gasteiger partial charge in [-0.05, 0) is 25.7 Å². The quantitative estimate of drug-likeness (QED) is 0.699. The molecule has 1 fully saturated rings. The maximum absolute atomic E-state index is 11.1. The number of carbonyl (C=O) groups is 1. The average molecular weight is 209 g/mol. The van der Waals surface area contributed by atoms with Gasteiger partial charge in [0.2, 0.25) is 0 Å². The van der Waals surface area contributed by atoms with Crippen molar-refractivity contribution in [1.29, 1.82) is 0 Å². The molecule has 1 rings (SSSR count). The van der Waals surface area contributed by atoms with Gasteiger partial charge in [0, 0.05) is 12.2 Å². The predicted molar refractivity (Wildman–Crippen MR) is 61.2 cm³/mol. The minimum absolute atomic E-state index is 0.414. The lowest BCUT2D eigenvalue weighted by molar-refractivity contribution is -0.112. The molecule has 0 saturated carbocycles. The average Bonchev–Trinajstić information content (AvgIpc) is 2.58. The number of hydrogen-bond acceptors (Lipinski definition) is 3. The van der Waals surface area contributed by atoms with E-state index < -0.39 is 5.91 Å². The summed E-state index contributed by atoms with van der Waals surface area (Å²) in [5.41, 5.74) is 6.72. The Hall–Kier alpha value is -1.32. The third-order valence-electron chi connectivity index (χ3n) is 2.49. The highest BCUT2D eigenvalue weighted by molar-refractivity contribution is 6.38. The number of nitrogens with zero attached hydrogens (tertiary/aromatic N) is 2. The Kier molecular flexibility index (Phi) is 4.34. The number of rotatable bonds is 5. The van der Waals surface area contributed by atoms with Gasteiger partial charge in [0.25, 0.3) is 5.91 Å². The lowest BCUT2D eigenvalue weighted by Crippen LogP contribution is -2.26. The fourth-order valence-electron chi connectivity index (χ4n) is 1.55. The SMILES string of the molecule is C=C1CCCN1/N=C(\CCCC)C(N)=O. The zero-order valence-electron chi connectivity index (χ0n) is 9.33. The number of unbranched alkanes of at least 4 members (excludes halogenated alkanes) is 1. The molecule has 0 spiro atoms. The Balaban J connectivity index is 2.65. The molecule has 0 atom stereocenters. The molecule has 4 nitrogen and oxygen atoms in total. The molecule has 84 valence electrons. The number of carbonyl (C=O) groups excluding carboxylic acids is 1. The first kappa shape index (κ1) is 11.8. The van der Waals surface area contributed by atoms with Gasteiger partial charge < -0.3 is 5.73 Å². The summed E-state index contributed by atoms with van der Waals surface area (Å²) < 4.78 is 0. The molecule has 1 aliphatic heterocycles. The second kappa shape index (κ2) is 5.53. The van der Waals surface area contributed by atoms with Gasteiger partial charge in [0.15, 0.2) is 0 Å². The van der Waals surface area contributed by atoms with Crippen molar-refractivity contribution in [3.63, 3.8) is 0 Å². The standard InChI is InChI=1S/C11H19N3O/c1-3-4-7-10(11(12)15)13-14-8-5-6-9(14)2/h2-8H2,1H3,(H2,12,15)/b13-10+. The highest BCUT2D eigenvalue weighted by Crippen LogP contribution is 2.19. The molecular formula is C11H19N3O. The molecule has 1 heterocycles. The number of allylic oxidation sites excluding steroid dienone is 1. The van der Waals surface area contributed by atoms with Crippen LogP contribution < -0.4 is 5.73 Å². The van der Waals surface area contributed by atoms with Gasteiger partial charge in [0.1, 0.15) is 5.71 Å². The van der Waals surface area contributed by atoms with Crippen LogP contribution in [-0.4, -0.2) is 23.2 Å². The summed E-state index contributed by atoms with van der Waals surface area (Å²) in [5, 5.41) is 6.07. The van der Waals surface area contributed by atoms with E-state index in [1.54, 1.807) is 5.01 Å². The van der Waals surface area contributed by atoms with Gasteiger partial charge in [0.05, 0.1) is 0 Å². The first-order valence-electron chi connectivity index (χ1n) is 5.47. The van der Waals surface area contributed by atoms with Crippen LogP contribution in [-0.2, 0) is 4.79 Å². The summed E-state index contributed by atoms with van der Waals surface area (Å²) in [5.74, 6) is -0.414. The summed E-state index contributed by atoms with van der Waals surface area (Å²) in [6, 6.07) is 0. The maximum atomic E-state index is 11.1. The molecule has 0 aromatic heterocycles. The Morgan fingerprint density at radius 3 is 2.87 bits per heavy atom. The summed E-state index contributed by atoms with van der Waals surface area (Å²) in [6.07, 6.45) is 4.66. The van der Waals surface area contributed by atoms with E-state index in [1.807, 2.05) is 0 Å². The summed E-state index contributed by atoms with van der Waals surface area (Å²) in [7, 11) is 0. The topological polar surface area (TPSA) is 58.7 Å². The molecule has 1 amide bonds. The maximum Gasteiger partial charge on any atom is 0.264 e. The highest BCUT2D eigenvalue weighted by atomic mass is 16.1. The Bertz CT molecular complexity index is 284. The van der Waals surface area contributed by atoms with Gasteiger partial charge in [-0.3, -0.25) is 9.80 Å². The second-order valence-corrected chi connectivity index (χ2v) is 3.81. The molecular weight excluding hydrogens is 190 g/mol. The smallest absolute Gasteiger partial charge is 0.264 e. The van der Waals surface area contributed by atoms with E-state index in [1.165, 1.54) is 0 Å². The van der Waals surface area contributed by atoms with Gasteiger partial charge in [-0.25, -0.2) is 0 Å². The van der Waals surface area contributed by atoms with Crippen molar-refractivity contribution in [2.45, 2.75) is 39.0 Å². The normalized spacial score (nSPS) is 17.3. The van der Waals surface area contributed by atoms with Crippen LogP contribution in [0.2, 0.25) is 0 Å². The van der Waals surface area contributed by atoms with E-state index in [9.17, 15) is 4.79 Å². The third kappa shape index (κ3) is 3.38. The van der Waals surface area contributed by atoms with E-state index >= 15 is 0 Å². The van der Waals surface area contributed by atoms with Crippen LogP contribution in [0.25, 0.3) is 0 Å². The van der Waals surface area contributed by atoms with Crippen LogP contribution in [0.4, 0.5) is 0 Å². The Morgan fingerprint density at radius 2 is 2.40 bits per heavy atom. The van der Waals surface area contributed by atoms with Crippen molar-refractivity contribution >= 4 is 11.6 Å². The fourth-order valence-corrected chi connectivity index (χ4v) is 1.55. The number of amides is 1. The zero-order chi connectivity index (χ0) is 11.3. The molecule has 0 bridgehead atoms. The summed E-state index contributed by atoms with van der Waals surface area (Å²) in [6.45, 7) is 6.82. The molecule has 1 aliphatic rings. The van der Waals surface area contributed by atoms with Crippen molar-refractivity contribution in [1.82, 2.24) is 5.01 Å². The number of hydrazone groups is 1. The molecule has 0 aromatic carbocycles. The van der Waals surface area contributed by atoms with Crippen LogP contribution in [0.3, 0.4) is 0 Å². The fraction of sp³-hybridized carbons (Fsp3) is 0.636. The van der Waals surface area contributed by atoms with Crippen LogP contribution >= 0.6 is 0 Å². The zero-order valence-corrected chi connectivity index (χ0v) is 9.33. The van der Waals surface area contributed by atoms with Gasteiger partial charge >= 0.3 is 0 Å². The third-order valence-corrected chi connectivity index (χ3v) is 2.49. The molecule has 0 aliphatic carbocycles. The van der Waals surface area contributed by atoms with Crippen molar-refractivity contribution in [3.05, 3.63) is 12.3 Å². The van der Waals surface area contributed by atoms with Crippen LogP contribution in [0.5, 0.6) is 0 Å². The molecule has 1 saturated heterocycles. The van der Waals surface area contributed by atoms with Crippen LogP contribution in [0, 0.1) is 0 Å². The van der Waals surface area contributed by atoms with E-state index in [-0.39, 0.29) is 0 Å². The number of hydrogen-bond donors (Lipinski definition) is 1. The minimum atomic E-state index is -0.414. The van der Waals surface area contributed by atoms with Crippen molar-refractivity contribution in [2.75, 3.05) is 6.54 Å². The van der Waals surface area contributed by atoms with Gasteiger partial charge in [-0.15, -0.1) is 0 Å². The monoisotopic (exact) mass is 209 g/mol. The molecule has 4 heteroatoms. The molecule has 15 heavy (non-hydrogen) atoms. The lowest BCUT2D eigenvalue weighted by atomic mass is 10.2. The largest absolute Gasteiger partial charge is 0.364 e. The first-order chi connectivity index (χ1) is 7.15. The van der Waals surface area contributed by atoms with Gasteiger partial charge in [-0.1, -0.05) is 19.9 Å². The number of primary amides is 1. The van der Waals surface area contributed by atoms with Gasteiger partial charge in [-0.2, -0.15) is 5.10 Å². The minimum Gasteiger partial charge on any atom is -0.364 e. The predicted octanol–water partition coefficient (Wildman–Crippen LogP) is 1.63. The Labute approximate surface area is 90.8 Å². The molecule has 0 radical (unpaired) electrons. The molecule has 0 unspecified atom stereocenters. The van der Waals surface area contributed by atoms with E-state index in [4.69, 9.17) is 5.73 Å². The van der Waals surface area contributed by atoms with Crippen molar-refractivity contribution in [2.24, 2.45) is 10.8 Å². The summed E-state index contributed by atoms with van der Waals surface area (Å²) >= 11 is 0. The molecule has 2 N–H and O–H groups in total. The van der Waals surface area contributed by atoms with E-state index in [0.29, 0.717) is 12.1 Å². The number of nitrogens with two attached hydrogens (primary N) is 1.